The number of carbonyl (C=O) groups excluding carboxylic acids is 1. The van der Waals surface area contributed by atoms with Crippen LogP contribution in [-0.2, 0) is 0 Å². The Morgan fingerprint density at radius 1 is 1.36 bits per heavy atom. The van der Waals surface area contributed by atoms with E-state index >= 15 is 0 Å². The maximum atomic E-state index is 10.2. The number of hydrogen-bond acceptors (Lipinski definition) is 3. The number of carbonyl (C=O) groups is 1. The molecule has 0 bridgehead atoms. The molecular weight excluding hydrogens is 162 g/mol. The smallest absolute Gasteiger partial charge is 0.409 e. The van der Waals surface area contributed by atoms with E-state index < -0.39 is 6.09 Å². The quantitative estimate of drug-likeness (QED) is 0.625. The molecule has 1 amide bonds. The van der Waals surface area contributed by atoms with Gasteiger partial charge >= 0.3 is 6.09 Å². The second-order valence-corrected chi connectivity index (χ2v) is 2.43. The molecule has 3 nitrogen and oxygen atoms in total. The van der Waals surface area contributed by atoms with Crippen molar-refractivity contribution in [3.63, 3.8) is 0 Å². The molecule has 1 rings (SSSR count). The molecule has 0 aromatic heterocycles. The molecule has 2 N–H and O–H groups in total. The van der Waals surface area contributed by atoms with Gasteiger partial charge in [0.05, 0.1) is 0 Å². The summed E-state index contributed by atoms with van der Waals surface area (Å²) in [5.74, 6) is 0.426. The molecule has 4 heteroatoms. The van der Waals surface area contributed by atoms with Crippen molar-refractivity contribution in [2.24, 2.45) is 5.73 Å². The lowest BCUT2D eigenvalue weighted by atomic mass is 10.3. The van der Waals surface area contributed by atoms with Gasteiger partial charge in [0, 0.05) is 4.90 Å². The fourth-order valence-electron chi connectivity index (χ4n) is 0.630. The zero-order chi connectivity index (χ0) is 8.27. The molecule has 11 heavy (non-hydrogen) atoms. The first-order valence-electron chi connectivity index (χ1n) is 2.95. The van der Waals surface area contributed by atoms with Gasteiger partial charge in [-0.1, -0.05) is 0 Å². The third-order valence-electron chi connectivity index (χ3n) is 1.06. The molecule has 0 radical (unpaired) electrons. The van der Waals surface area contributed by atoms with Crippen molar-refractivity contribution in [2.45, 2.75) is 4.90 Å². The monoisotopic (exact) mass is 169 g/mol. The van der Waals surface area contributed by atoms with Crippen molar-refractivity contribution in [2.75, 3.05) is 0 Å². The van der Waals surface area contributed by atoms with E-state index in [1.165, 1.54) is 0 Å². The third kappa shape index (κ3) is 2.51. The highest BCUT2D eigenvalue weighted by Gasteiger charge is 1.95. The number of primary amides is 1. The van der Waals surface area contributed by atoms with Gasteiger partial charge in [-0.2, -0.15) is 0 Å². The Morgan fingerprint density at radius 2 is 1.91 bits per heavy atom. The zero-order valence-electron chi connectivity index (χ0n) is 5.65. The van der Waals surface area contributed by atoms with Crippen molar-refractivity contribution >= 4 is 18.7 Å². The van der Waals surface area contributed by atoms with Crippen LogP contribution in [0.1, 0.15) is 0 Å². The first-order chi connectivity index (χ1) is 5.18. The average molecular weight is 169 g/mol. The molecular formula is C7H7NO2S. The minimum Gasteiger partial charge on any atom is -0.411 e. The molecule has 1 aromatic carbocycles. The summed E-state index contributed by atoms with van der Waals surface area (Å²) in [7, 11) is 0. The molecule has 0 fully saturated rings. The van der Waals surface area contributed by atoms with E-state index in [4.69, 9.17) is 5.73 Å². The molecule has 0 spiro atoms. The molecule has 0 aliphatic heterocycles. The third-order valence-corrected chi connectivity index (χ3v) is 1.35. The van der Waals surface area contributed by atoms with Crippen molar-refractivity contribution in [1.82, 2.24) is 0 Å². The van der Waals surface area contributed by atoms with Gasteiger partial charge in [0.1, 0.15) is 5.75 Å². The Morgan fingerprint density at radius 3 is 2.36 bits per heavy atom. The zero-order valence-corrected chi connectivity index (χ0v) is 6.54. The summed E-state index contributed by atoms with van der Waals surface area (Å²) < 4.78 is 4.57. The molecule has 58 valence electrons. The lowest BCUT2D eigenvalue weighted by Gasteiger charge is -1.98. The highest BCUT2D eigenvalue weighted by atomic mass is 32.1. The SMILES string of the molecule is NC(=O)Oc1ccc(S)cc1. The van der Waals surface area contributed by atoms with Crippen LogP contribution >= 0.6 is 12.6 Å². The highest BCUT2D eigenvalue weighted by Crippen LogP contribution is 2.13. The molecule has 1 aromatic rings. The number of ether oxygens (including phenoxy) is 1. The number of hydrogen-bond donors (Lipinski definition) is 2. The predicted molar refractivity (Wildman–Crippen MR) is 43.9 cm³/mol. The van der Waals surface area contributed by atoms with Gasteiger partial charge in [-0.25, -0.2) is 4.79 Å². The first kappa shape index (κ1) is 7.94. The molecule has 0 atom stereocenters. The van der Waals surface area contributed by atoms with Crippen molar-refractivity contribution in [1.29, 1.82) is 0 Å². The van der Waals surface area contributed by atoms with E-state index in [1.54, 1.807) is 24.3 Å². The summed E-state index contributed by atoms with van der Waals surface area (Å²) in [6.07, 6.45) is -0.808. The van der Waals surface area contributed by atoms with Gasteiger partial charge in [-0.05, 0) is 24.3 Å². The average Bonchev–Trinajstić information content (AvgIpc) is 1.93. The Labute approximate surface area is 69.6 Å². The number of amides is 1. The van der Waals surface area contributed by atoms with Crippen LogP contribution in [0, 0.1) is 0 Å². The van der Waals surface area contributed by atoms with Crippen LogP contribution in [0.2, 0.25) is 0 Å². The highest BCUT2D eigenvalue weighted by molar-refractivity contribution is 7.80. The van der Waals surface area contributed by atoms with Gasteiger partial charge in [0.15, 0.2) is 0 Å². The van der Waals surface area contributed by atoms with Crippen molar-refractivity contribution in [3.8, 4) is 5.75 Å². The van der Waals surface area contributed by atoms with Crippen molar-refractivity contribution in [3.05, 3.63) is 24.3 Å². The topological polar surface area (TPSA) is 52.3 Å². The summed E-state index contributed by atoms with van der Waals surface area (Å²) in [4.78, 5) is 11.0. The van der Waals surface area contributed by atoms with Gasteiger partial charge < -0.3 is 10.5 Å². The van der Waals surface area contributed by atoms with Gasteiger partial charge in [0.2, 0.25) is 0 Å². The van der Waals surface area contributed by atoms with Gasteiger partial charge in [-0.3, -0.25) is 0 Å². The van der Waals surface area contributed by atoms with Crippen LogP contribution < -0.4 is 10.5 Å². The Kier molecular flexibility index (Phi) is 2.38. The maximum Gasteiger partial charge on any atom is 0.409 e. The molecule has 0 unspecified atom stereocenters. The second-order valence-electron chi connectivity index (χ2n) is 1.91. The summed E-state index contributed by atoms with van der Waals surface area (Å²) in [6, 6.07) is 6.66. The molecule has 0 aliphatic carbocycles. The summed E-state index contributed by atoms with van der Waals surface area (Å²) in [5, 5.41) is 0. The number of thiol groups is 1. The van der Waals surface area contributed by atoms with Crippen LogP contribution in [-0.4, -0.2) is 6.09 Å². The Balaban J connectivity index is 2.74. The summed E-state index contributed by atoms with van der Waals surface area (Å²) in [5.41, 5.74) is 4.78. The Bertz CT molecular complexity index is 258. The first-order valence-corrected chi connectivity index (χ1v) is 3.39. The Hall–Kier alpha value is -1.16. The van der Waals surface area contributed by atoms with Crippen LogP contribution in [0.25, 0.3) is 0 Å². The maximum absolute atomic E-state index is 10.2. The standard InChI is InChI=1S/C7H7NO2S/c8-7(9)10-5-1-3-6(11)4-2-5/h1-4,11H,(H2,8,9). The van der Waals surface area contributed by atoms with E-state index in [-0.39, 0.29) is 0 Å². The molecule has 0 saturated carbocycles. The number of rotatable bonds is 1. The van der Waals surface area contributed by atoms with E-state index in [1.807, 2.05) is 0 Å². The number of nitrogens with two attached hydrogens (primary N) is 1. The lowest BCUT2D eigenvalue weighted by Crippen LogP contribution is -2.15. The second kappa shape index (κ2) is 3.30. The number of benzene rings is 1. The molecule has 0 saturated heterocycles. The minimum absolute atomic E-state index is 0.426. The largest absolute Gasteiger partial charge is 0.411 e. The minimum atomic E-state index is -0.808. The van der Waals surface area contributed by atoms with Gasteiger partial charge in [-0.15, -0.1) is 12.6 Å². The van der Waals surface area contributed by atoms with Crippen LogP contribution in [0.4, 0.5) is 4.79 Å². The van der Waals surface area contributed by atoms with Crippen LogP contribution in [0.3, 0.4) is 0 Å². The fourth-order valence-corrected chi connectivity index (χ4v) is 0.779. The summed E-state index contributed by atoms with van der Waals surface area (Å²) >= 11 is 4.05. The van der Waals surface area contributed by atoms with E-state index in [9.17, 15) is 4.79 Å². The van der Waals surface area contributed by atoms with Crippen LogP contribution in [0.5, 0.6) is 5.75 Å². The summed E-state index contributed by atoms with van der Waals surface area (Å²) in [6.45, 7) is 0. The molecule has 0 aliphatic rings. The lowest BCUT2D eigenvalue weighted by molar-refractivity contribution is 0.211. The normalized spacial score (nSPS) is 9.18. The fraction of sp³-hybridized carbons (Fsp3) is 0. The van der Waals surface area contributed by atoms with E-state index in [0.29, 0.717) is 5.75 Å². The van der Waals surface area contributed by atoms with E-state index in [0.717, 1.165) is 4.90 Å². The van der Waals surface area contributed by atoms with E-state index in [2.05, 4.69) is 17.4 Å². The molecule has 0 heterocycles. The van der Waals surface area contributed by atoms with Crippen LogP contribution in [0.15, 0.2) is 29.2 Å². The van der Waals surface area contributed by atoms with Gasteiger partial charge in [0.25, 0.3) is 0 Å². The van der Waals surface area contributed by atoms with Crippen molar-refractivity contribution < 1.29 is 9.53 Å². The predicted octanol–water partition coefficient (Wildman–Crippen LogP) is 1.43.